The van der Waals surface area contributed by atoms with Crippen molar-refractivity contribution in [2.45, 2.75) is 38.5 Å². The second kappa shape index (κ2) is 8.43. The second-order valence-corrected chi connectivity index (χ2v) is 5.05. The molecule has 0 aromatic carbocycles. The minimum atomic E-state index is 0.354. The Hall–Kier alpha value is 0.270. The van der Waals surface area contributed by atoms with Crippen LogP contribution in [0.25, 0.3) is 0 Å². The van der Waals surface area contributed by atoms with E-state index in [1.807, 2.05) is 0 Å². The number of aliphatic hydroxyl groups excluding tert-OH is 1. The second-order valence-electron chi connectivity index (χ2n) is 4.60. The average molecular weight is 231 g/mol. The van der Waals surface area contributed by atoms with E-state index in [-0.39, 0.29) is 0 Å². The van der Waals surface area contributed by atoms with Gasteiger partial charge in [0.2, 0.25) is 0 Å². The van der Waals surface area contributed by atoms with Gasteiger partial charge in [0.15, 0.2) is 0 Å². The number of nitrogens with one attached hydrogen (secondary N) is 1. The van der Waals surface area contributed by atoms with Crippen LogP contribution >= 0.6 is 12.6 Å². The first kappa shape index (κ1) is 13.3. The molecule has 0 amide bonds. The first-order valence-electron chi connectivity index (χ1n) is 6.31. The zero-order valence-electron chi connectivity index (χ0n) is 9.62. The smallest absolute Gasteiger partial charge is 0.0431 e. The summed E-state index contributed by atoms with van der Waals surface area (Å²) in [5.41, 5.74) is 0. The van der Waals surface area contributed by atoms with Gasteiger partial charge in [-0.05, 0) is 62.8 Å². The molecule has 0 bridgehead atoms. The van der Waals surface area contributed by atoms with Crippen molar-refractivity contribution < 1.29 is 5.11 Å². The number of hydrogen-bond acceptors (Lipinski definition) is 3. The van der Waals surface area contributed by atoms with Gasteiger partial charge in [0, 0.05) is 6.61 Å². The van der Waals surface area contributed by atoms with Crippen LogP contribution in [0.15, 0.2) is 0 Å². The summed E-state index contributed by atoms with van der Waals surface area (Å²) in [6, 6.07) is 0. The Labute approximate surface area is 99.2 Å². The minimum Gasteiger partial charge on any atom is -0.396 e. The molecule has 0 saturated carbocycles. The maximum Gasteiger partial charge on any atom is 0.0431 e. The first-order chi connectivity index (χ1) is 7.38. The molecule has 2 atom stereocenters. The monoisotopic (exact) mass is 231 g/mol. The van der Waals surface area contributed by atoms with Gasteiger partial charge < -0.3 is 10.4 Å². The van der Waals surface area contributed by atoms with E-state index in [4.69, 9.17) is 5.11 Å². The SMILES string of the molecule is OCCCC1CCNCC1CCCCS. The molecule has 1 rings (SSSR count). The Bertz CT molecular complexity index is 155. The van der Waals surface area contributed by atoms with Gasteiger partial charge in [-0.2, -0.15) is 12.6 Å². The highest BCUT2D eigenvalue weighted by Gasteiger charge is 2.23. The molecular formula is C12H25NOS. The molecule has 2 N–H and O–H groups in total. The molecule has 2 unspecified atom stereocenters. The first-order valence-corrected chi connectivity index (χ1v) is 6.94. The third kappa shape index (κ3) is 5.23. The Morgan fingerprint density at radius 2 is 1.93 bits per heavy atom. The normalized spacial score (nSPS) is 26.8. The van der Waals surface area contributed by atoms with Crippen molar-refractivity contribution >= 4 is 12.6 Å². The Morgan fingerprint density at radius 1 is 1.13 bits per heavy atom. The highest BCUT2D eigenvalue weighted by Crippen LogP contribution is 2.28. The van der Waals surface area contributed by atoms with Gasteiger partial charge in [-0.15, -0.1) is 0 Å². The lowest BCUT2D eigenvalue weighted by Crippen LogP contribution is -2.36. The van der Waals surface area contributed by atoms with Gasteiger partial charge in [-0.3, -0.25) is 0 Å². The molecule has 0 spiro atoms. The molecule has 0 aromatic heterocycles. The van der Waals surface area contributed by atoms with Crippen molar-refractivity contribution in [3.05, 3.63) is 0 Å². The van der Waals surface area contributed by atoms with Crippen LogP contribution in [-0.4, -0.2) is 30.6 Å². The van der Waals surface area contributed by atoms with Crippen LogP contribution in [0.2, 0.25) is 0 Å². The third-order valence-corrected chi connectivity index (χ3v) is 3.80. The molecule has 90 valence electrons. The Morgan fingerprint density at radius 3 is 2.67 bits per heavy atom. The van der Waals surface area contributed by atoms with Crippen molar-refractivity contribution in [3.8, 4) is 0 Å². The zero-order chi connectivity index (χ0) is 10.9. The van der Waals surface area contributed by atoms with Gasteiger partial charge >= 0.3 is 0 Å². The molecular weight excluding hydrogens is 206 g/mol. The maximum absolute atomic E-state index is 8.87. The summed E-state index contributed by atoms with van der Waals surface area (Å²) >= 11 is 4.25. The van der Waals surface area contributed by atoms with Crippen LogP contribution in [0.4, 0.5) is 0 Å². The number of rotatable bonds is 7. The van der Waals surface area contributed by atoms with Crippen molar-refractivity contribution in [1.82, 2.24) is 5.32 Å². The fourth-order valence-electron chi connectivity index (χ4n) is 2.57. The van der Waals surface area contributed by atoms with Gasteiger partial charge in [0.25, 0.3) is 0 Å². The Balaban J connectivity index is 2.22. The number of unbranched alkanes of at least 4 members (excludes halogenated alkanes) is 1. The van der Waals surface area contributed by atoms with Crippen LogP contribution in [-0.2, 0) is 0 Å². The molecule has 1 fully saturated rings. The van der Waals surface area contributed by atoms with Gasteiger partial charge in [-0.25, -0.2) is 0 Å². The van der Waals surface area contributed by atoms with E-state index >= 15 is 0 Å². The van der Waals surface area contributed by atoms with E-state index in [0.717, 1.165) is 24.0 Å². The van der Waals surface area contributed by atoms with Crippen molar-refractivity contribution in [1.29, 1.82) is 0 Å². The highest BCUT2D eigenvalue weighted by molar-refractivity contribution is 7.80. The molecule has 3 heteroatoms. The minimum absolute atomic E-state index is 0.354. The standard InChI is InChI=1S/C12H25NOS/c14-8-3-5-11-6-7-13-10-12(11)4-1-2-9-15/h11-15H,1-10H2. The summed E-state index contributed by atoms with van der Waals surface area (Å²) in [7, 11) is 0. The molecule has 2 nitrogen and oxygen atoms in total. The van der Waals surface area contributed by atoms with Gasteiger partial charge in [-0.1, -0.05) is 6.42 Å². The summed E-state index contributed by atoms with van der Waals surface area (Å²) in [6.07, 6.45) is 7.38. The van der Waals surface area contributed by atoms with E-state index in [2.05, 4.69) is 17.9 Å². The molecule has 0 aliphatic carbocycles. The molecule has 1 aliphatic rings. The number of piperidine rings is 1. The third-order valence-electron chi connectivity index (χ3n) is 3.48. The summed E-state index contributed by atoms with van der Waals surface area (Å²) in [4.78, 5) is 0. The molecule has 1 aliphatic heterocycles. The molecule has 1 heterocycles. The zero-order valence-corrected chi connectivity index (χ0v) is 10.5. The quantitative estimate of drug-likeness (QED) is 0.463. The van der Waals surface area contributed by atoms with Gasteiger partial charge in [0.1, 0.15) is 0 Å². The lowest BCUT2D eigenvalue weighted by molar-refractivity contribution is 0.199. The predicted molar refractivity (Wildman–Crippen MR) is 68.5 cm³/mol. The largest absolute Gasteiger partial charge is 0.396 e. The summed E-state index contributed by atoms with van der Waals surface area (Å²) in [5, 5.41) is 12.4. The lowest BCUT2D eigenvalue weighted by Gasteiger charge is -2.32. The summed E-state index contributed by atoms with van der Waals surface area (Å²) in [5.74, 6) is 2.70. The van der Waals surface area contributed by atoms with E-state index in [1.165, 1.54) is 45.2 Å². The van der Waals surface area contributed by atoms with E-state index in [9.17, 15) is 0 Å². The average Bonchev–Trinajstić information content (AvgIpc) is 2.28. The number of aliphatic hydroxyl groups is 1. The van der Waals surface area contributed by atoms with Crippen LogP contribution in [0.5, 0.6) is 0 Å². The van der Waals surface area contributed by atoms with E-state index < -0.39 is 0 Å². The number of hydrogen-bond donors (Lipinski definition) is 3. The highest BCUT2D eigenvalue weighted by atomic mass is 32.1. The van der Waals surface area contributed by atoms with Crippen molar-refractivity contribution in [2.75, 3.05) is 25.4 Å². The van der Waals surface area contributed by atoms with Crippen LogP contribution in [0.1, 0.15) is 38.5 Å². The van der Waals surface area contributed by atoms with E-state index in [1.54, 1.807) is 0 Å². The van der Waals surface area contributed by atoms with Crippen LogP contribution in [0.3, 0.4) is 0 Å². The predicted octanol–water partition coefficient (Wildman–Crippen LogP) is 2.08. The van der Waals surface area contributed by atoms with E-state index in [0.29, 0.717) is 6.61 Å². The maximum atomic E-state index is 8.87. The topological polar surface area (TPSA) is 32.3 Å². The fourth-order valence-corrected chi connectivity index (χ4v) is 2.79. The molecule has 0 radical (unpaired) electrons. The Kier molecular flexibility index (Phi) is 7.49. The van der Waals surface area contributed by atoms with Crippen molar-refractivity contribution in [2.24, 2.45) is 11.8 Å². The lowest BCUT2D eigenvalue weighted by atomic mass is 9.80. The fraction of sp³-hybridized carbons (Fsp3) is 1.00. The molecule has 15 heavy (non-hydrogen) atoms. The number of thiol groups is 1. The van der Waals surface area contributed by atoms with Gasteiger partial charge in [0.05, 0.1) is 0 Å². The summed E-state index contributed by atoms with van der Waals surface area (Å²) in [6.45, 7) is 2.70. The molecule has 0 aromatic rings. The molecule has 1 saturated heterocycles. The summed E-state index contributed by atoms with van der Waals surface area (Å²) < 4.78 is 0. The van der Waals surface area contributed by atoms with Crippen molar-refractivity contribution in [3.63, 3.8) is 0 Å². The van der Waals surface area contributed by atoms with Crippen LogP contribution in [0, 0.1) is 11.8 Å². The van der Waals surface area contributed by atoms with Crippen LogP contribution < -0.4 is 5.32 Å².